The molecule has 0 aromatic heterocycles. The molecule has 5 heteroatoms. The molecule has 2 aromatic rings. The lowest BCUT2D eigenvalue weighted by atomic mass is 9.87. The van der Waals surface area contributed by atoms with Gasteiger partial charge < -0.3 is 14.7 Å². The number of aromatic hydroxyl groups is 1. The van der Waals surface area contributed by atoms with E-state index in [2.05, 4.69) is 48.3 Å². The summed E-state index contributed by atoms with van der Waals surface area (Å²) in [6.07, 6.45) is 2.68. The Labute approximate surface area is 179 Å². The van der Waals surface area contributed by atoms with Crippen molar-refractivity contribution < 1.29 is 9.84 Å². The van der Waals surface area contributed by atoms with Gasteiger partial charge in [0.2, 0.25) is 0 Å². The highest BCUT2D eigenvalue weighted by Gasteiger charge is 2.40. The molecular weight excluding hydrogens is 374 g/mol. The van der Waals surface area contributed by atoms with Crippen LogP contribution in [0, 0.1) is 6.92 Å². The highest BCUT2D eigenvalue weighted by molar-refractivity contribution is 6.01. The molecule has 2 heterocycles. The van der Waals surface area contributed by atoms with Gasteiger partial charge in [0.15, 0.2) is 11.5 Å². The number of nitrogens with one attached hydrogen (secondary N) is 1. The zero-order valence-electron chi connectivity index (χ0n) is 18.3. The monoisotopic (exact) mass is 407 g/mol. The van der Waals surface area contributed by atoms with Gasteiger partial charge in [-0.25, -0.2) is 0 Å². The van der Waals surface area contributed by atoms with E-state index >= 15 is 0 Å². The summed E-state index contributed by atoms with van der Waals surface area (Å²) in [5.41, 5.74) is 4.13. The fourth-order valence-corrected chi connectivity index (χ4v) is 4.61. The molecule has 0 saturated carbocycles. The Balaban J connectivity index is 1.71. The van der Waals surface area contributed by atoms with Crippen LogP contribution in [-0.4, -0.2) is 47.6 Å². The summed E-state index contributed by atoms with van der Waals surface area (Å²) in [6.45, 7) is 9.93. The number of para-hydroxylation sites is 1. The topological polar surface area (TPSA) is 57.1 Å². The van der Waals surface area contributed by atoms with Gasteiger partial charge in [-0.3, -0.25) is 10.3 Å². The second-order valence-electron chi connectivity index (χ2n) is 8.42. The summed E-state index contributed by atoms with van der Waals surface area (Å²) < 4.78 is 5.64. The van der Waals surface area contributed by atoms with Gasteiger partial charge in [-0.05, 0) is 44.9 Å². The predicted molar refractivity (Wildman–Crippen MR) is 122 cm³/mol. The Bertz CT molecular complexity index is 899. The van der Waals surface area contributed by atoms with Gasteiger partial charge in [-0.1, -0.05) is 48.9 Å². The standard InChI is InChI=1S/C25H33N3O2/c1-4-28-15-13-25(14-16-28)26-21(19-11-9-18(3)10-12-19)17-22(27-25)20-7-6-8-23(24(20)29)30-5-2/h6-12,22,27,29H,4-5,13-17H2,1-3H3. The molecule has 160 valence electrons. The van der Waals surface area contributed by atoms with Crippen molar-refractivity contribution in [3.05, 3.63) is 59.2 Å². The summed E-state index contributed by atoms with van der Waals surface area (Å²) in [6, 6.07) is 14.4. The minimum atomic E-state index is -0.289. The number of hydrogen-bond donors (Lipinski definition) is 2. The first kappa shape index (κ1) is 20.9. The molecule has 0 bridgehead atoms. The molecule has 30 heavy (non-hydrogen) atoms. The number of aryl methyl sites for hydroxylation is 1. The van der Waals surface area contributed by atoms with E-state index in [1.165, 1.54) is 11.1 Å². The molecule has 0 amide bonds. The highest BCUT2D eigenvalue weighted by Crippen LogP contribution is 2.40. The molecule has 0 aliphatic carbocycles. The smallest absolute Gasteiger partial charge is 0.162 e. The van der Waals surface area contributed by atoms with Crippen LogP contribution in [-0.2, 0) is 0 Å². The van der Waals surface area contributed by atoms with Crippen molar-refractivity contribution in [3.8, 4) is 11.5 Å². The number of phenols is 1. The number of likely N-dealkylation sites (tertiary alicyclic amines) is 1. The zero-order valence-corrected chi connectivity index (χ0v) is 18.3. The van der Waals surface area contributed by atoms with Gasteiger partial charge in [-0.2, -0.15) is 0 Å². The lowest BCUT2D eigenvalue weighted by Gasteiger charge is -2.45. The third-order valence-corrected chi connectivity index (χ3v) is 6.41. The van der Waals surface area contributed by atoms with Crippen LogP contribution in [0.5, 0.6) is 11.5 Å². The summed E-state index contributed by atoms with van der Waals surface area (Å²) in [5, 5.41) is 14.7. The maximum Gasteiger partial charge on any atom is 0.162 e. The summed E-state index contributed by atoms with van der Waals surface area (Å²) in [7, 11) is 0. The first-order valence-electron chi connectivity index (χ1n) is 11.1. The number of aliphatic imine (C=N–C) groups is 1. The van der Waals surface area contributed by atoms with Gasteiger partial charge in [0.05, 0.1) is 6.61 Å². The van der Waals surface area contributed by atoms with E-state index in [4.69, 9.17) is 9.73 Å². The molecule has 0 radical (unpaired) electrons. The van der Waals surface area contributed by atoms with E-state index in [9.17, 15) is 5.11 Å². The van der Waals surface area contributed by atoms with Crippen molar-refractivity contribution in [2.45, 2.75) is 51.7 Å². The number of hydrogen-bond acceptors (Lipinski definition) is 5. The molecule has 2 aliphatic heterocycles. The lowest BCUT2D eigenvalue weighted by Crippen LogP contribution is -2.56. The Morgan fingerprint density at radius 2 is 1.87 bits per heavy atom. The number of nitrogens with zero attached hydrogens (tertiary/aromatic N) is 2. The summed E-state index contributed by atoms with van der Waals surface area (Å²) >= 11 is 0. The molecule has 5 nitrogen and oxygen atoms in total. The first-order chi connectivity index (χ1) is 14.5. The van der Waals surface area contributed by atoms with Crippen LogP contribution in [0.4, 0.5) is 0 Å². The van der Waals surface area contributed by atoms with E-state index in [1.54, 1.807) is 0 Å². The molecule has 1 fully saturated rings. The second-order valence-corrected chi connectivity index (χ2v) is 8.42. The van der Waals surface area contributed by atoms with Crippen molar-refractivity contribution >= 4 is 5.71 Å². The van der Waals surface area contributed by atoms with E-state index < -0.39 is 0 Å². The van der Waals surface area contributed by atoms with Gasteiger partial charge in [-0.15, -0.1) is 0 Å². The van der Waals surface area contributed by atoms with Crippen molar-refractivity contribution in [3.63, 3.8) is 0 Å². The van der Waals surface area contributed by atoms with Crippen molar-refractivity contribution in [2.75, 3.05) is 26.2 Å². The average molecular weight is 408 g/mol. The Morgan fingerprint density at radius 1 is 1.13 bits per heavy atom. The predicted octanol–water partition coefficient (Wildman–Crippen LogP) is 4.44. The van der Waals surface area contributed by atoms with Gasteiger partial charge in [0.25, 0.3) is 0 Å². The Hall–Kier alpha value is -2.37. The molecule has 1 atom stereocenters. The molecule has 2 aromatic carbocycles. The third-order valence-electron chi connectivity index (χ3n) is 6.41. The van der Waals surface area contributed by atoms with Crippen LogP contribution < -0.4 is 10.1 Å². The minimum absolute atomic E-state index is 0.00705. The van der Waals surface area contributed by atoms with E-state index in [1.807, 2.05) is 25.1 Å². The first-order valence-corrected chi connectivity index (χ1v) is 11.1. The molecular formula is C25H33N3O2. The number of ether oxygens (including phenoxy) is 1. The van der Waals surface area contributed by atoms with Crippen LogP contribution >= 0.6 is 0 Å². The van der Waals surface area contributed by atoms with Crippen LogP contribution in [0.25, 0.3) is 0 Å². The Kier molecular flexibility index (Phi) is 6.11. The van der Waals surface area contributed by atoms with E-state index in [0.717, 1.165) is 50.2 Å². The fraction of sp³-hybridized carbons (Fsp3) is 0.480. The normalized spacial score (nSPS) is 21.4. The van der Waals surface area contributed by atoms with Gasteiger partial charge >= 0.3 is 0 Å². The molecule has 1 saturated heterocycles. The van der Waals surface area contributed by atoms with Gasteiger partial charge in [0.1, 0.15) is 5.66 Å². The van der Waals surface area contributed by atoms with Crippen molar-refractivity contribution in [1.82, 2.24) is 10.2 Å². The largest absolute Gasteiger partial charge is 0.504 e. The van der Waals surface area contributed by atoms with E-state index in [0.29, 0.717) is 12.4 Å². The van der Waals surface area contributed by atoms with Crippen LogP contribution in [0.1, 0.15) is 55.8 Å². The maximum atomic E-state index is 10.9. The van der Waals surface area contributed by atoms with Crippen molar-refractivity contribution in [1.29, 1.82) is 0 Å². The molecule has 2 aliphatic rings. The number of benzene rings is 2. The van der Waals surface area contributed by atoms with Crippen molar-refractivity contribution in [2.24, 2.45) is 4.99 Å². The van der Waals surface area contributed by atoms with Crippen LogP contribution in [0.2, 0.25) is 0 Å². The highest BCUT2D eigenvalue weighted by atomic mass is 16.5. The molecule has 2 N–H and O–H groups in total. The second kappa shape index (κ2) is 8.78. The van der Waals surface area contributed by atoms with E-state index in [-0.39, 0.29) is 17.5 Å². The number of piperidine rings is 1. The number of rotatable bonds is 5. The Morgan fingerprint density at radius 3 is 2.53 bits per heavy atom. The van der Waals surface area contributed by atoms with Crippen LogP contribution in [0.3, 0.4) is 0 Å². The summed E-state index contributed by atoms with van der Waals surface area (Å²) in [4.78, 5) is 7.75. The minimum Gasteiger partial charge on any atom is -0.504 e. The molecule has 4 rings (SSSR count). The SMILES string of the molecule is CCOc1cccc(C2CC(c3ccc(C)cc3)=NC3(CCN(CC)CC3)N2)c1O. The average Bonchev–Trinajstić information content (AvgIpc) is 2.76. The zero-order chi connectivity index (χ0) is 21.1. The summed E-state index contributed by atoms with van der Waals surface area (Å²) in [5.74, 6) is 0.786. The number of phenolic OH excluding ortho intramolecular Hbond substituents is 1. The fourth-order valence-electron chi connectivity index (χ4n) is 4.61. The molecule has 1 spiro atoms. The molecule has 1 unspecified atom stereocenters. The maximum absolute atomic E-state index is 10.9. The van der Waals surface area contributed by atoms with Gasteiger partial charge in [0, 0.05) is 36.8 Å². The lowest BCUT2D eigenvalue weighted by molar-refractivity contribution is 0.129. The quantitative estimate of drug-likeness (QED) is 0.770. The van der Waals surface area contributed by atoms with Crippen LogP contribution in [0.15, 0.2) is 47.5 Å². The third kappa shape index (κ3) is 4.23.